The topological polar surface area (TPSA) is 207 Å². The summed E-state index contributed by atoms with van der Waals surface area (Å²) in [6.45, 7) is 0.873. The second kappa shape index (κ2) is 11.3. The molecule has 2 rings (SSSR count). The molecule has 14 nitrogen and oxygen atoms in total. The van der Waals surface area contributed by atoms with Crippen molar-refractivity contribution >= 4 is 47.4 Å². The van der Waals surface area contributed by atoms with Crippen molar-refractivity contribution < 1.29 is 48.0 Å². The minimum absolute atomic E-state index is 0.0212. The van der Waals surface area contributed by atoms with Crippen LogP contribution in [-0.4, -0.2) is 66.8 Å². The summed E-state index contributed by atoms with van der Waals surface area (Å²) in [4.78, 5) is -0.319. The van der Waals surface area contributed by atoms with E-state index in [0.29, 0.717) is 16.9 Å². The van der Waals surface area contributed by atoms with Crippen molar-refractivity contribution in [1.29, 1.82) is 0 Å². The van der Waals surface area contributed by atoms with Gasteiger partial charge in [-0.3, -0.25) is 9.11 Å². The van der Waals surface area contributed by atoms with Gasteiger partial charge in [-0.2, -0.15) is 21.9 Å². The van der Waals surface area contributed by atoms with Gasteiger partial charge >= 0.3 is 10.4 Å². The van der Waals surface area contributed by atoms with Gasteiger partial charge in [-0.1, -0.05) is 0 Å². The zero-order chi connectivity index (χ0) is 26.4. The van der Waals surface area contributed by atoms with E-state index < -0.39 is 48.6 Å². The van der Waals surface area contributed by atoms with E-state index >= 15 is 0 Å². The second-order valence-electron chi connectivity index (χ2n) is 6.85. The molecule has 17 heteroatoms. The standard InChI is InChI=1S/C18H23N3O11S3/c1-12-8-13(19-11-34(24,25)26)4-5-14(12)20-21-15-9-17(31-3)18(10-16(15)30-2)33(22,23)7-6-32-35(27,28)29/h4-5,8-10,19H,6-7,11H2,1-3H3,(H,24,25,26)(H,27,28,29). The van der Waals surface area contributed by atoms with Gasteiger partial charge in [0, 0.05) is 17.8 Å². The van der Waals surface area contributed by atoms with E-state index in [0.717, 1.165) is 6.07 Å². The second-order valence-corrected chi connectivity index (χ2v) is 11.5. The van der Waals surface area contributed by atoms with Crippen LogP contribution in [0, 0.1) is 6.92 Å². The summed E-state index contributed by atoms with van der Waals surface area (Å²) >= 11 is 0. The van der Waals surface area contributed by atoms with Gasteiger partial charge in [0.25, 0.3) is 10.1 Å². The maximum absolute atomic E-state index is 12.6. The molecular formula is C18H23N3O11S3. The Labute approximate surface area is 202 Å². The lowest BCUT2D eigenvalue weighted by molar-refractivity contribution is 0.284. The summed E-state index contributed by atoms with van der Waals surface area (Å²) in [5.41, 5.74) is 1.55. The molecule has 0 saturated carbocycles. The van der Waals surface area contributed by atoms with Gasteiger partial charge in [0.15, 0.2) is 9.84 Å². The lowest BCUT2D eigenvalue weighted by Crippen LogP contribution is -2.16. The molecule has 0 radical (unpaired) electrons. The summed E-state index contributed by atoms with van der Waals surface area (Å²) < 4.78 is 100. The Morgan fingerprint density at radius 1 is 0.886 bits per heavy atom. The van der Waals surface area contributed by atoms with Crippen LogP contribution in [0.25, 0.3) is 0 Å². The van der Waals surface area contributed by atoms with Crippen molar-refractivity contribution in [2.24, 2.45) is 10.2 Å². The average molecular weight is 554 g/mol. The predicted molar refractivity (Wildman–Crippen MR) is 124 cm³/mol. The first-order chi connectivity index (χ1) is 16.1. The van der Waals surface area contributed by atoms with E-state index in [9.17, 15) is 25.3 Å². The molecule has 194 valence electrons. The maximum atomic E-state index is 12.6. The fourth-order valence-corrected chi connectivity index (χ4v) is 4.70. The molecule has 3 N–H and O–H groups in total. The summed E-state index contributed by atoms with van der Waals surface area (Å²) in [5, 5.41) is 10.7. The molecule has 2 aromatic carbocycles. The van der Waals surface area contributed by atoms with Gasteiger partial charge in [0.05, 0.1) is 32.3 Å². The third kappa shape index (κ3) is 8.71. The first-order valence-corrected chi connectivity index (χ1v) is 14.1. The third-order valence-corrected chi connectivity index (χ3v) is 6.97. The molecule has 35 heavy (non-hydrogen) atoms. The highest BCUT2D eigenvalue weighted by Gasteiger charge is 2.24. The van der Waals surface area contributed by atoms with Crippen molar-refractivity contribution in [3.05, 3.63) is 35.9 Å². The smallest absolute Gasteiger partial charge is 0.397 e. The zero-order valence-electron chi connectivity index (χ0n) is 18.7. The Morgan fingerprint density at radius 3 is 2.06 bits per heavy atom. The number of hydrogen-bond donors (Lipinski definition) is 3. The number of methoxy groups -OCH3 is 2. The molecule has 0 aliphatic carbocycles. The van der Waals surface area contributed by atoms with Crippen LogP contribution >= 0.6 is 0 Å². The van der Waals surface area contributed by atoms with Crippen molar-refractivity contribution in [2.75, 3.05) is 37.8 Å². The fourth-order valence-electron chi connectivity index (χ4n) is 2.69. The first-order valence-electron chi connectivity index (χ1n) is 9.47. The zero-order valence-corrected chi connectivity index (χ0v) is 21.1. The molecular weight excluding hydrogens is 530 g/mol. The highest BCUT2D eigenvalue weighted by molar-refractivity contribution is 7.91. The summed E-state index contributed by atoms with van der Waals surface area (Å²) in [6, 6.07) is 7.04. The Bertz CT molecular complexity index is 1420. The number of azo groups is 1. The molecule has 0 spiro atoms. The van der Waals surface area contributed by atoms with E-state index in [1.54, 1.807) is 19.1 Å². The lowest BCUT2D eigenvalue weighted by atomic mass is 10.2. The van der Waals surface area contributed by atoms with Crippen LogP contribution in [-0.2, 0) is 34.5 Å². The van der Waals surface area contributed by atoms with Gasteiger partial charge < -0.3 is 14.8 Å². The van der Waals surface area contributed by atoms with E-state index in [1.165, 1.54) is 26.4 Å². The molecule has 0 aliphatic heterocycles. The van der Waals surface area contributed by atoms with Crippen molar-refractivity contribution in [3.8, 4) is 11.5 Å². The van der Waals surface area contributed by atoms with Gasteiger partial charge in [0.2, 0.25) is 0 Å². The number of anilines is 1. The van der Waals surface area contributed by atoms with Crippen LogP contribution < -0.4 is 14.8 Å². The van der Waals surface area contributed by atoms with E-state index in [2.05, 4.69) is 19.7 Å². The molecule has 0 fully saturated rings. The molecule has 0 aliphatic rings. The van der Waals surface area contributed by atoms with Crippen molar-refractivity contribution in [2.45, 2.75) is 11.8 Å². The van der Waals surface area contributed by atoms with Gasteiger partial charge in [-0.05, 0) is 30.7 Å². The first kappa shape index (κ1) is 28.4. The highest BCUT2D eigenvalue weighted by atomic mass is 32.3. The predicted octanol–water partition coefficient (Wildman–Crippen LogP) is 2.28. The molecule has 0 atom stereocenters. The number of nitrogens with one attached hydrogen (secondary N) is 1. The molecule has 0 aromatic heterocycles. The minimum atomic E-state index is -4.80. The molecule has 2 aromatic rings. The molecule has 0 bridgehead atoms. The number of rotatable bonds is 12. The SMILES string of the molecule is COc1cc(S(=O)(=O)CCOS(=O)(=O)O)c(OC)cc1N=Nc1ccc(NCS(=O)(=O)O)cc1C. The summed E-state index contributed by atoms with van der Waals surface area (Å²) in [6.07, 6.45) is 0. The molecule has 0 heterocycles. The number of nitrogens with zero attached hydrogens (tertiary/aromatic N) is 2. The van der Waals surface area contributed by atoms with Crippen molar-refractivity contribution in [3.63, 3.8) is 0 Å². The normalized spacial score (nSPS) is 12.6. The van der Waals surface area contributed by atoms with E-state index in [-0.39, 0.29) is 22.1 Å². The fraction of sp³-hybridized carbons (Fsp3) is 0.333. The largest absolute Gasteiger partial charge is 0.495 e. The summed E-state index contributed by atoms with van der Waals surface area (Å²) in [7, 11) is -10.6. The molecule has 0 amide bonds. The quantitative estimate of drug-likeness (QED) is 0.255. The lowest BCUT2D eigenvalue weighted by Gasteiger charge is -2.13. The van der Waals surface area contributed by atoms with Crippen LogP contribution in [0.3, 0.4) is 0 Å². The Morgan fingerprint density at radius 2 is 1.51 bits per heavy atom. The van der Waals surface area contributed by atoms with Crippen LogP contribution in [0.1, 0.15) is 5.56 Å². The maximum Gasteiger partial charge on any atom is 0.397 e. The van der Waals surface area contributed by atoms with Crippen LogP contribution in [0.2, 0.25) is 0 Å². The van der Waals surface area contributed by atoms with Crippen LogP contribution in [0.15, 0.2) is 45.5 Å². The molecule has 0 saturated heterocycles. The number of hydrogen-bond acceptors (Lipinski definition) is 12. The van der Waals surface area contributed by atoms with Crippen LogP contribution in [0.5, 0.6) is 11.5 Å². The number of sulfone groups is 1. The van der Waals surface area contributed by atoms with E-state index in [1.807, 2.05) is 0 Å². The Kier molecular flexibility index (Phi) is 9.15. The Balaban J connectivity index is 2.33. The summed E-state index contributed by atoms with van der Waals surface area (Å²) in [5.74, 6) is -1.53. The molecule has 0 unspecified atom stereocenters. The van der Waals surface area contributed by atoms with Crippen molar-refractivity contribution in [1.82, 2.24) is 0 Å². The number of aryl methyl sites for hydroxylation is 1. The number of benzene rings is 2. The van der Waals surface area contributed by atoms with Crippen LogP contribution in [0.4, 0.5) is 17.1 Å². The van der Waals surface area contributed by atoms with E-state index in [4.69, 9.17) is 18.6 Å². The average Bonchev–Trinajstić information content (AvgIpc) is 2.74. The Hall–Kier alpha value is -2.83. The minimum Gasteiger partial charge on any atom is -0.495 e. The highest BCUT2D eigenvalue weighted by Crippen LogP contribution is 2.39. The number of ether oxygens (including phenoxy) is 2. The third-order valence-electron chi connectivity index (χ3n) is 4.31. The van der Waals surface area contributed by atoms with Gasteiger partial charge in [-0.15, -0.1) is 5.11 Å². The van der Waals surface area contributed by atoms with Gasteiger partial charge in [-0.25, -0.2) is 12.6 Å². The van der Waals surface area contributed by atoms with Gasteiger partial charge in [0.1, 0.15) is 28.0 Å². The monoisotopic (exact) mass is 553 g/mol.